The molecule has 0 unspecified atom stereocenters. The molecule has 3 heterocycles. The number of Topliss-reactive ketones (excluding diaryl/α,β-unsaturated/α-hetero) is 1. The highest BCUT2D eigenvalue weighted by Crippen LogP contribution is 2.49. The molecular formula is C19H16N2O6. The third-order valence-electron chi connectivity index (χ3n) is 4.85. The molecule has 8 heteroatoms. The van der Waals surface area contributed by atoms with Crippen LogP contribution in [0.4, 0.5) is 0 Å². The number of carbonyl (C=O) groups is 2. The molecule has 0 spiro atoms. The van der Waals surface area contributed by atoms with Gasteiger partial charge in [-0.2, -0.15) is 5.10 Å². The number of hydrogen-bond donors (Lipinski definition) is 1. The van der Waals surface area contributed by atoms with Crippen molar-refractivity contribution < 1.29 is 23.8 Å². The maximum atomic E-state index is 12.3. The predicted molar refractivity (Wildman–Crippen MR) is 94.2 cm³/mol. The summed E-state index contributed by atoms with van der Waals surface area (Å²) in [6.07, 6.45) is 1.58. The Morgan fingerprint density at radius 1 is 1.37 bits per heavy atom. The van der Waals surface area contributed by atoms with Crippen LogP contribution < -0.4 is 10.4 Å². The highest BCUT2D eigenvalue weighted by atomic mass is 16.5. The average Bonchev–Trinajstić information content (AvgIpc) is 2.98. The largest absolute Gasteiger partial charge is 0.506 e. The third kappa shape index (κ3) is 2.44. The lowest BCUT2D eigenvalue weighted by Crippen LogP contribution is -2.25. The van der Waals surface area contributed by atoms with Crippen molar-refractivity contribution in [2.45, 2.75) is 26.2 Å². The zero-order valence-electron chi connectivity index (χ0n) is 14.9. The van der Waals surface area contributed by atoms with Crippen molar-refractivity contribution in [3.8, 4) is 11.5 Å². The zero-order valence-corrected chi connectivity index (χ0v) is 14.9. The first-order valence-corrected chi connectivity index (χ1v) is 8.32. The molecule has 1 aliphatic heterocycles. The summed E-state index contributed by atoms with van der Waals surface area (Å²) < 4.78 is 12.4. The minimum absolute atomic E-state index is 0.0125. The van der Waals surface area contributed by atoms with Crippen LogP contribution in [0.15, 0.2) is 27.5 Å². The number of aromatic nitrogens is 2. The molecule has 1 atom stereocenters. The zero-order chi connectivity index (χ0) is 19.5. The van der Waals surface area contributed by atoms with Gasteiger partial charge >= 0.3 is 11.6 Å². The molecule has 0 radical (unpaired) electrons. The second kappa shape index (κ2) is 5.80. The maximum absolute atomic E-state index is 12.3. The van der Waals surface area contributed by atoms with E-state index in [-0.39, 0.29) is 34.5 Å². The number of fused-ring (bicyclic) bond motifs is 3. The maximum Gasteiger partial charge on any atom is 0.336 e. The fraction of sp³-hybridized carbons (Fsp3) is 0.263. The van der Waals surface area contributed by atoms with Crippen LogP contribution in [0.2, 0.25) is 0 Å². The van der Waals surface area contributed by atoms with Crippen molar-refractivity contribution in [1.82, 2.24) is 9.78 Å². The van der Waals surface area contributed by atoms with Crippen LogP contribution in [0.25, 0.3) is 11.0 Å². The molecule has 1 aromatic carbocycles. The number of esters is 1. The first kappa shape index (κ1) is 17.0. The molecule has 138 valence electrons. The van der Waals surface area contributed by atoms with E-state index in [0.29, 0.717) is 16.8 Å². The van der Waals surface area contributed by atoms with Gasteiger partial charge in [-0.15, -0.1) is 0 Å². The van der Waals surface area contributed by atoms with Crippen molar-refractivity contribution in [3.05, 3.63) is 51.1 Å². The molecule has 0 amide bonds. The van der Waals surface area contributed by atoms with Crippen molar-refractivity contribution in [2.24, 2.45) is 7.05 Å². The van der Waals surface area contributed by atoms with Gasteiger partial charge in [-0.3, -0.25) is 14.3 Å². The third-order valence-corrected chi connectivity index (χ3v) is 4.85. The van der Waals surface area contributed by atoms with Gasteiger partial charge in [0.1, 0.15) is 16.9 Å². The fourth-order valence-electron chi connectivity index (χ4n) is 3.72. The van der Waals surface area contributed by atoms with Gasteiger partial charge in [-0.1, -0.05) is 0 Å². The highest BCUT2D eigenvalue weighted by molar-refractivity contribution is 6.08. The van der Waals surface area contributed by atoms with Crippen LogP contribution in [0, 0.1) is 6.92 Å². The number of rotatable bonds is 2. The molecule has 3 aromatic rings. The quantitative estimate of drug-likeness (QED) is 0.319. The summed E-state index contributed by atoms with van der Waals surface area (Å²) in [5.74, 6) is -1.99. The highest BCUT2D eigenvalue weighted by Gasteiger charge is 2.38. The number of ether oxygens (including phenoxy) is 1. The van der Waals surface area contributed by atoms with Crippen LogP contribution in [0.3, 0.4) is 0 Å². The number of hydrogen-bond acceptors (Lipinski definition) is 7. The molecule has 27 heavy (non-hydrogen) atoms. The molecule has 0 aliphatic carbocycles. The van der Waals surface area contributed by atoms with Crippen molar-refractivity contribution >= 4 is 22.7 Å². The number of phenols is 1. The monoisotopic (exact) mass is 368 g/mol. The minimum atomic E-state index is -0.599. The summed E-state index contributed by atoms with van der Waals surface area (Å²) in [5.41, 5.74) is 0.948. The number of ketones is 1. The Labute approximate surface area is 153 Å². The van der Waals surface area contributed by atoms with Crippen molar-refractivity contribution in [3.63, 3.8) is 0 Å². The molecule has 8 nitrogen and oxygen atoms in total. The predicted octanol–water partition coefficient (Wildman–Crippen LogP) is 2.18. The van der Waals surface area contributed by atoms with Gasteiger partial charge in [0.2, 0.25) is 0 Å². The van der Waals surface area contributed by atoms with Crippen LogP contribution in [0.1, 0.15) is 46.4 Å². The lowest BCUT2D eigenvalue weighted by Gasteiger charge is -2.27. The molecule has 0 bridgehead atoms. The Balaban J connectivity index is 2.22. The van der Waals surface area contributed by atoms with Crippen molar-refractivity contribution in [1.29, 1.82) is 0 Å². The van der Waals surface area contributed by atoms with Crippen LogP contribution in [0.5, 0.6) is 11.5 Å². The number of aromatic hydroxyl groups is 1. The number of carbonyl (C=O) groups excluding carboxylic acids is 2. The molecule has 1 aliphatic rings. The normalized spacial score (nSPS) is 16.3. The average molecular weight is 368 g/mol. The van der Waals surface area contributed by atoms with E-state index in [0.717, 1.165) is 0 Å². The molecule has 0 saturated carbocycles. The number of nitrogens with zero attached hydrogens (tertiary/aromatic N) is 2. The van der Waals surface area contributed by atoms with Crippen LogP contribution >= 0.6 is 0 Å². The summed E-state index contributed by atoms with van der Waals surface area (Å²) in [5, 5.41) is 15.1. The molecule has 0 fully saturated rings. The first-order chi connectivity index (χ1) is 12.8. The van der Waals surface area contributed by atoms with Crippen molar-refractivity contribution in [2.75, 3.05) is 0 Å². The Morgan fingerprint density at radius 2 is 2.11 bits per heavy atom. The van der Waals surface area contributed by atoms with Gasteiger partial charge in [0.25, 0.3) is 0 Å². The SMILES string of the molecule is CC(=O)c1c2c(c3oc(=O)cc(C)c3c1O)[C@H](c1ccnn1C)CC(=O)O2. The van der Waals surface area contributed by atoms with E-state index in [1.165, 1.54) is 13.0 Å². The Kier molecular flexibility index (Phi) is 3.66. The van der Waals surface area contributed by atoms with E-state index in [1.54, 1.807) is 30.9 Å². The Hall–Kier alpha value is -3.42. The van der Waals surface area contributed by atoms with E-state index < -0.39 is 23.3 Å². The van der Waals surface area contributed by atoms with E-state index in [9.17, 15) is 19.5 Å². The molecule has 0 saturated heterocycles. The Morgan fingerprint density at radius 3 is 2.74 bits per heavy atom. The standard InChI is InChI=1S/C19H16N2O6/c1-8-6-12(23)26-18-14(8)17(25)15(9(2)22)19-16(18)10(7-13(24)27-19)11-4-5-20-21(11)3/h4-6,10,25H,7H2,1-3H3/t10-/m0/s1. The fourth-order valence-corrected chi connectivity index (χ4v) is 3.72. The second-order valence-electron chi connectivity index (χ2n) is 6.59. The number of aryl methyl sites for hydroxylation is 2. The van der Waals surface area contributed by atoms with Crippen LogP contribution in [-0.4, -0.2) is 26.6 Å². The lowest BCUT2D eigenvalue weighted by molar-refractivity contribution is -0.135. The van der Waals surface area contributed by atoms with Gasteiger partial charge in [-0.05, 0) is 25.5 Å². The van der Waals surface area contributed by atoms with Gasteiger partial charge < -0.3 is 14.3 Å². The summed E-state index contributed by atoms with van der Waals surface area (Å²) in [6.45, 7) is 2.92. The van der Waals surface area contributed by atoms with Gasteiger partial charge in [0.15, 0.2) is 11.5 Å². The molecular weight excluding hydrogens is 352 g/mol. The Bertz CT molecular complexity index is 1190. The number of phenolic OH excluding ortho intramolecular Hbond substituents is 1. The van der Waals surface area contributed by atoms with Gasteiger partial charge in [0, 0.05) is 36.5 Å². The summed E-state index contributed by atoms with van der Waals surface area (Å²) in [4.78, 5) is 36.5. The smallest absolute Gasteiger partial charge is 0.336 e. The lowest BCUT2D eigenvalue weighted by atomic mass is 9.85. The van der Waals surface area contributed by atoms with E-state index in [2.05, 4.69) is 5.10 Å². The van der Waals surface area contributed by atoms with Crippen LogP contribution in [-0.2, 0) is 11.8 Å². The first-order valence-electron chi connectivity index (χ1n) is 8.32. The van der Waals surface area contributed by atoms with E-state index in [4.69, 9.17) is 9.15 Å². The van der Waals surface area contributed by atoms with Gasteiger partial charge in [-0.25, -0.2) is 4.79 Å². The molecule has 4 rings (SSSR count). The minimum Gasteiger partial charge on any atom is -0.506 e. The summed E-state index contributed by atoms with van der Waals surface area (Å²) >= 11 is 0. The summed E-state index contributed by atoms with van der Waals surface area (Å²) in [6, 6.07) is 2.99. The topological polar surface area (TPSA) is 112 Å². The van der Waals surface area contributed by atoms with E-state index in [1.807, 2.05) is 0 Å². The summed E-state index contributed by atoms with van der Waals surface area (Å²) in [7, 11) is 1.73. The number of benzene rings is 1. The second-order valence-corrected chi connectivity index (χ2v) is 6.59. The molecule has 1 N–H and O–H groups in total. The molecule has 2 aromatic heterocycles. The van der Waals surface area contributed by atoms with E-state index >= 15 is 0 Å². The van der Waals surface area contributed by atoms with Gasteiger partial charge in [0.05, 0.1) is 11.8 Å².